The van der Waals surface area contributed by atoms with Crippen LogP contribution in [0.25, 0.3) is 11.7 Å². The molecule has 116 valence electrons. The molecular formula is C17H16N4OS. The first-order valence-electron chi connectivity index (χ1n) is 7.63. The summed E-state index contributed by atoms with van der Waals surface area (Å²) in [6.45, 7) is 0.763. The van der Waals surface area contributed by atoms with E-state index in [1.165, 1.54) is 0 Å². The summed E-state index contributed by atoms with van der Waals surface area (Å²) in [7, 11) is 0. The highest BCUT2D eigenvalue weighted by Gasteiger charge is 2.32. The number of carbonyl (C=O) groups excluding carboxylic acids is 1. The lowest BCUT2D eigenvalue weighted by Gasteiger charge is -2.22. The van der Waals surface area contributed by atoms with Crippen LogP contribution in [-0.2, 0) is 4.79 Å². The van der Waals surface area contributed by atoms with Gasteiger partial charge in [0.25, 0.3) is 0 Å². The molecule has 0 radical (unpaired) electrons. The van der Waals surface area contributed by atoms with Crippen molar-refractivity contribution < 1.29 is 4.79 Å². The first kappa shape index (κ1) is 14.1. The predicted octanol–water partition coefficient (Wildman–Crippen LogP) is 3.17. The molecule has 0 N–H and O–H groups in total. The van der Waals surface area contributed by atoms with Gasteiger partial charge in [-0.15, -0.1) is 10.2 Å². The fourth-order valence-corrected chi connectivity index (χ4v) is 3.65. The Morgan fingerprint density at radius 1 is 1.30 bits per heavy atom. The molecule has 1 aliphatic heterocycles. The maximum Gasteiger partial charge on any atom is 0.247 e. The summed E-state index contributed by atoms with van der Waals surface area (Å²) in [5.74, 6) is 0.877. The van der Waals surface area contributed by atoms with Crippen LogP contribution >= 0.6 is 11.3 Å². The molecule has 0 aromatic carbocycles. The van der Waals surface area contributed by atoms with Crippen LogP contribution in [0.5, 0.6) is 0 Å². The smallest absolute Gasteiger partial charge is 0.247 e. The van der Waals surface area contributed by atoms with E-state index < -0.39 is 0 Å². The van der Waals surface area contributed by atoms with Gasteiger partial charge in [0.1, 0.15) is 0 Å². The van der Waals surface area contributed by atoms with Crippen molar-refractivity contribution in [1.29, 1.82) is 0 Å². The zero-order valence-electron chi connectivity index (χ0n) is 12.5. The largest absolute Gasteiger partial charge is 0.329 e. The van der Waals surface area contributed by atoms with Gasteiger partial charge < -0.3 is 4.90 Å². The van der Waals surface area contributed by atoms with Gasteiger partial charge in [0.05, 0.1) is 6.04 Å². The average Bonchev–Trinajstić information content (AvgIpc) is 3.31. The molecule has 0 saturated carbocycles. The Kier molecular flexibility index (Phi) is 3.67. The Balaban J connectivity index is 1.60. The Hall–Kier alpha value is -2.47. The molecule has 3 aromatic heterocycles. The standard InChI is InChI=1S/C17H16N4OS/c22-16(7-6-13-8-11-23-12-13)20-10-3-4-14(20)17-19-18-15-5-1-2-9-21(15)17/h1-2,5-9,11-12,14H,3-4,10H2. The lowest BCUT2D eigenvalue weighted by atomic mass is 10.2. The van der Waals surface area contributed by atoms with Crippen LogP contribution in [0.1, 0.15) is 30.3 Å². The van der Waals surface area contributed by atoms with E-state index in [4.69, 9.17) is 0 Å². The topological polar surface area (TPSA) is 50.5 Å². The second kappa shape index (κ2) is 5.96. The molecule has 6 heteroatoms. The van der Waals surface area contributed by atoms with Gasteiger partial charge in [0.2, 0.25) is 5.91 Å². The normalized spacial score (nSPS) is 18.3. The predicted molar refractivity (Wildman–Crippen MR) is 90.0 cm³/mol. The van der Waals surface area contributed by atoms with Gasteiger partial charge in [-0.05, 0) is 53.4 Å². The van der Waals surface area contributed by atoms with Crippen molar-refractivity contribution in [2.75, 3.05) is 6.54 Å². The van der Waals surface area contributed by atoms with E-state index in [1.807, 2.05) is 56.6 Å². The van der Waals surface area contributed by atoms with Gasteiger partial charge in [-0.3, -0.25) is 9.20 Å². The van der Waals surface area contributed by atoms with Crippen molar-refractivity contribution in [1.82, 2.24) is 19.5 Å². The van der Waals surface area contributed by atoms with Crippen molar-refractivity contribution in [2.24, 2.45) is 0 Å². The van der Waals surface area contributed by atoms with E-state index in [2.05, 4.69) is 10.2 Å². The van der Waals surface area contributed by atoms with Gasteiger partial charge in [-0.25, -0.2) is 0 Å². The summed E-state index contributed by atoms with van der Waals surface area (Å²) >= 11 is 1.63. The van der Waals surface area contributed by atoms with Crippen molar-refractivity contribution in [2.45, 2.75) is 18.9 Å². The lowest BCUT2D eigenvalue weighted by Crippen LogP contribution is -2.30. The van der Waals surface area contributed by atoms with E-state index in [0.717, 1.165) is 36.4 Å². The summed E-state index contributed by atoms with van der Waals surface area (Å²) in [6, 6.07) is 7.81. The monoisotopic (exact) mass is 324 g/mol. The molecule has 1 amide bonds. The molecule has 1 unspecified atom stereocenters. The number of pyridine rings is 1. The molecule has 0 spiro atoms. The van der Waals surface area contributed by atoms with Gasteiger partial charge in [-0.1, -0.05) is 6.07 Å². The number of carbonyl (C=O) groups is 1. The second-order valence-electron chi connectivity index (χ2n) is 5.57. The first-order chi connectivity index (χ1) is 11.3. The fraction of sp³-hybridized carbons (Fsp3) is 0.235. The van der Waals surface area contributed by atoms with Gasteiger partial charge in [0.15, 0.2) is 11.5 Å². The van der Waals surface area contributed by atoms with Crippen LogP contribution in [0.2, 0.25) is 0 Å². The van der Waals surface area contributed by atoms with E-state index in [0.29, 0.717) is 0 Å². The van der Waals surface area contributed by atoms with Crippen molar-refractivity contribution >= 4 is 29.0 Å². The molecule has 1 atom stereocenters. The molecule has 3 aromatic rings. The van der Waals surface area contributed by atoms with Gasteiger partial charge >= 0.3 is 0 Å². The number of hydrogen-bond acceptors (Lipinski definition) is 4. The summed E-state index contributed by atoms with van der Waals surface area (Å²) in [6.07, 6.45) is 7.39. The number of fused-ring (bicyclic) bond motifs is 1. The summed E-state index contributed by atoms with van der Waals surface area (Å²) in [4.78, 5) is 14.5. The molecule has 4 rings (SSSR count). The number of aromatic nitrogens is 3. The first-order valence-corrected chi connectivity index (χ1v) is 8.58. The molecule has 0 aliphatic carbocycles. The highest BCUT2D eigenvalue weighted by molar-refractivity contribution is 7.08. The number of likely N-dealkylation sites (tertiary alicyclic amines) is 1. The highest BCUT2D eigenvalue weighted by atomic mass is 32.1. The zero-order chi connectivity index (χ0) is 15.6. The Labute approximate surface area is 137 Å². The maximum absolute atomic E-state index is 12.6. The van der Waals surface area contributed by atoms with Crippen LogP contribution < -0.4 is 0 Å². The number of amides is 1. The SMILES string of the molecule is O=C(C=Cc1ccsc1)N1CCCC1c1nnc2ccccn12. The summed E-state index contributed by atoms with van der Waals surface area (Å²) in [5.41, 5.74) is 1.88. The maximum atomic E-state index is 12.6. The van der Waals surface area contributed by atoms with Crippen LogP contribution in [0, 0.1) is 0 Å². The summed E-state index contributed by atoms with van der Waals surface area (Å²) in [5, 5.41) is 12.5. The van der Waals surface area contributed by atoms with E-state index in [9.17, 15) is 4.79 Å². The number of nitrogens with zero attached hydrogens (tertiary/aromatic N) is 4. The minimum absolute atomic E-state index is 0.00738. The number of hydrogen-bond donors (Lipinski definition) is 0. The van der Waals surface area contributed by atoms with Crippen LogP contribution in [0.4, 0.5) is 0 Å². The Bertz CT molecular complexity index is 852. The van der Waals surface area contributed by atoms with Gasteiger partial charge in [0, 0.05) is 18.8 Å². The minimum Gasteiger partial charge on any atom is -0.329 e. The van der Waals surface area contributed by atoms with E-state index in [1.54, 1.807) is 17.4 Å². The van der Waals surface area contributed by atoms with Crippen molar-refractivity contribution in [3.05, 3.63) is 58.7 Å². The van der Waals surface area contributed by atoms with Crippen molar-refractivity contribution in [3.8, 4) is 0 Å². The number of rotatable bonds is 3. The van der Waals surface area contributed by atoms with Crippen LogP contribution in [-0.4, -0.2) is 31.9 Å². The summed E-state index contributed by atoms with van der Waals surface area (Å²) < 4.78 is 1.97. The molecule has 4 heterocycles. The highest BCUT2D eigenvalue weighted by Crippen LogP contribution is 2.31. The molecule has 1 aliphatic rings. The molecule has 0 bridgehead atoms. The fourth-order valence-electron chi connectivity index (χ4n) is 3.02. The Morgan fingerprint density at radius 3 is 3.13 bits per heavy atom. The third-order valence-corrected chi connectivity index (χ3v) is 4.84. The Morgan fingerprint density at radius 2 is 2.26 bits per heavy atom. The van der Waals surface area contributed by atoms with Crippen LogP contribution in [0.3, 0.4) is 0 Å². The molecule has 1 fully saturated rings. The molecule has 23 heavy (non-hydrogen) atoms. The van der Waals surface area contributed by atoms with E-state index in [-0.39, 0.29) is 11.9 Å². The van der Waals surface area contributed by atoms with Crippen molar-refractivity contribution in [3.63, 3.8) is 0 Å². The third-order valence-electron chi connectivity index (χ3n) is 4.14. The quantitative estimate of drug-likeness (QED) is 0.695. The number of thiophene rings is 1. The lowest BCUT2D eigenvalue weighted by molar-refractivity contribution is -0.127. The zero-order valence-corrected chi connectivity index (χ0v) is 13.3. The van der Waals surface area contributed by atoms with Gasteiger partial charge in [-0.2, -0.15) is 11.3 Å². The minimum atomic E-state index is -0.00738. The third kappa shape index (κ3) is 2.66. The second-order valence-corrected chi connectivity index (χ2v) is 6.35. The molecule has 5 nitrogen and oxygen atoms in total. The van der Waals surface area contributed by atoms with Crippen LogP contribution in [0.15, 0.2) is 47.3 Å². The molecular weight excluding hydrogens is 308 g/mol. The molecule has 1 saturated heterocycles. The average molecular weight is 324 g/mol. The van der Waals surface area contributed by atoms with E-state index >= 15 is 0 Å².